The zero-order chi connectivity index (χ0) is 11.1. The van der Waals surface area contributed by atoms with E-state index in [1.807, 2.05) is 0 Å². The Bertz CT molecular complexity index is 327. The molecule has 0 amide bonds. The van der Waals surface area contributed by atoms with Gasteiger partial charge in [0, 0.05) is 0 Å². The zero-order valence-electron chi connectivity index (χ0n) is 8.02. The minimum Gasteiger partial charge on any atom is -0.507 e. The van der Waals surface area contributed by atoms with E-state index in [0.717, 1.165) is 0 Å². The number of carbonyl (C=O) groups excluding carboxylic acids is 1. The average Bonchev–Trinajstić information content (AvgIpc) is 2.03. The van der Waals surface area contributed by atoms with Crippen molar-refractivity contribution in [2.24, 2.45) is 0 Å². The molecule has 0 saturated carbocycles. The molecule has 0 atom stereocenters. The van der Waals surface area contributed by atoms with Crippen LogP contribution < -0.4 is 0 Å². The number of Topliss-reactive ketones (excluding diaryl/α,β-unsaturated/α-hetero) is 1. The molecule has 0 aliphatic carbocycles. The molecule has 0 bridgehead atoms. The molecule has 1 aromatic rings. The van der Waals surface area contributed by atoms with Crippen LogP contribution in [0.4, 0.5) is 0 Å². The van der Waals surface area contributed by atoms with Gasteiger partial charge in [0.2, 0.25) is 0 Å². The molecule has 2 N–H and O–H groups in total. The number of aromatic hydroxyl groups is 1. The van der Waals surface area contributed by atoms with Gasteiger partial charge in [0.15, 0.2) is 0 Å². The Balaban J connectivity index is 0.000000364. The number of carboxylic acid groups (broad SMARTS) is 1. The molecule has 76 valence electrons. The van der Waals surface area contributed by atoms with E-state index < -0.39 is 5.97 Å². The number of ketones is 1. The van der Waals surface area contributed by atoms with E-state index in [1.165, 1.54) is 26.0 Å². The predicted octanol–water partition coefficient (Wildman–Crippen LogP) is 1.69. The number of phenols is 1. The fourth-order valence-electron chi connectivity index (χ4n) is 0.654. The van der Waals surface area contributed by atoms with Gasteiger partial charge in [0.05, 0.1) is 0 Å². The summed E-state index contributed by atoms with van der Waals surface area (Å²) in [5.74, 6) is -1.15. The highest BCUT2D eigenvalue weighted by atomic mass is 16.4. The van der Waals surface area contributed by atoms with E-state index in [-0.39, 0.29) is 17.1 Å². The molecule has 0 radical (unpaired) electrons. The lowest BCUT2D eigenvalue weighted by Gasteiger charge is -1.95. The van der Waals surface area contributed by atoms with Gasteiger partial charge in [0.25, 0.3) is 0 Å². The number of para-hydroxylation sites is 1. The average molecular weight is 196 g/mol. The van der Waals surface area contributed by atoms with Crippen molar-refractivity contribution in [3.8, 4) is 5.75 Å². The first-order valence-corrected chi connectivity index (χ1v) is 3.93. The van der Waals surface area contributed by atoms with E-state index in [9.17, 15) is 9.59 Å². The maximum Gasteiger partial charge on any atom is 0.339 e. The first kappa shape index (κ1) is 12.2. The van der Waals surface area contributed by atoms with Crippen molar-refractivity contribution in [1.82, 2.24) is 0 Å². The largest absolute Gasteiger partial charge is 0.507 e. The normalized spacial score (nSPS) is 8.43. The lowest BCUT2D eigenvalue weighted by atomic mass is 10.2. The van der Waals surface area contributed by atoms with Gasteiger partial charge < -0.3 is 15.0 Å². The number of carboxylic acids is 1. The predicted molar refractivity (Wildman–Crippen MR) is 51.4 cm³/mol. The lowest BCUT2D eigenvalue weighted by Crippen LogP contribution is -1.95. The third-order valence-corrected chi connectivity index (χ3v) is 1.13. The summed E-state index contributed by atoms with van der Waals surface area (Å²) >= 11 is 0. The van der Waals surface area contributed by atoms with Gasteiger partial charge in [0.1, 0.15) is 17.1 Å². The van der Waals surface area contributed by atoms with Crippen LogP contribution in [-0.4, -0.2) is 22.0 Å². The number of rotatable bonds is 1. The van der Waals surface area contributed by atoms with E-state index in [2.05, 4.69) is 0 Å². The van der Waals surface area contributed by atoms with Crippen LogP contribution in [-0.2, 0) is 4.79 Å². The smallest absolute Gasteiger partial charge is 0.339 e. The maximum absolute atomic E-state index is 10.3. The molecular formula is C10H12O4. The number of carbonyl (C=O) groups is 2. The van der Waals surface area contributed by atoms with E-state index in [4.69, 9.17) is 10.2 Å². The lowest BCUT2D eigenvalue weighted by molar-refractivity contribution is -0.115. The van der Waals surface area contributed by atoms with Gasteiger partial charge >= 0.3 is 5.97 Å². The van der Waals surface area contributed by atoms with Crippen LogP contribution in [0.3, 0.4) is 0 Å². The Morgan fingerprint density at radius 2 is 1.57 bits per heavy atom. The Kier molecular flexibility index (Phi) is 4.99. The summed E-state index contributed by atoms with van der Waals surface area (Å²) in [6, 6.07) is 5.81. The zero-order valence-corrected chi connectivity index (χ0v) is 8.02. The summed E-state index contributed by atoms with van der Waals surface area (Å²) in [7, 11) is 0. The van der Waals surface area contributed by atoms with Crippen molar-refractivity contribution in [1.29, 1.82) is 0 Å². The van der Waals surface area contributed by atoms with E-state index in [0.29, 0.717) is 0 Å². The second-order valence-electron chi connectivity index (χ2n) is 2.73. The molecule has 1 aromatic carbocycles. The number of hydrogen-bond acceptors (Lipinski definition) is 3. The second kappa shape index (κ2) is 5.75. The van der Waals surface area contributed by atoms with Gasteiger partial charge in [-0.2, -0.15) is 0 Å². The molecule has 4 nitrogen and oxygen atoms in total. The van der Waals surface area contributed by atoms with Gasteiger partial charge in [-0.05, 0) is 26.0 Å². The molecule has 0 spiro atoms. The molecule has 0 aliphatic rings. The van der Waals surface area contributed by atoms with E-state index in [1.54, 1.807) is 12.1 Å². The molecule has 0 aliphatic heterocycles. The van der Waals surface area contributed by atoms with Crippen molar-refractivity contribution in [2.45, 2.75) is 13.8 Å². The molecule has 0 aromatic heterocycles. The number of hydrogen-bond donors (Lipinski definition) is 2. The molecule has 1 rings (SSSR count). The van der Waals surface area contributed by atoms with E-state index >= 15 is 0 Å². The van der Waals surface area contributed by atoms with Crippen LogP contribution in [0.25, 0.3) is 0 Å². The van der Waals surface area contributed by atoms with Crippen molar-refractivity contribution >= 4 is 11.8 Å². The monoisotopic (exact) mass is 196 g/mol. The Morgan fingerprint density at radius 1 is 1.14 bits per heavy atom. The van der Waals surface area contributed by atoms with Crippen LogP contribution in [0.5, 0.6) is 5.75 Å². The van der Waals surface area contributed by atoms with Gasteiger partial charge in [-0.25, -0.2) is 4.79 Å². The van der Waals surface area contributed by atoms with Crippen LogP contribution in [0.15, 0.2) is 24.3 Å². The van der Waals surface area contributed by atoms with Gasteiger partial charge in [-0.15, -0.1) is 0 Å². The molecule has 0 saturated heterocycles. The maximum atomic E-state index is 10.3. The first-order valence-electron chi connectivity index (χ1n) is 3.93. The van der Waals surface area contributed by atoms with Crippen molar-refractivity contribution in [3.05, 3.63) is 29.8 Å². The van der Waals surface area contributed by atoms with Crippen molar-refractivity contribution < 1.29 is 19.8 Å². The summed E-state index contributed by atoms with van der Waals surface area (Å²) < 4.78 is 0. The minimum atomic E-state index is -1.11. The molecular weight excluding hydrogens is 184 g/mol. The van der Waals surface area contributed by atoms with Crippen LogP contribution in [0.1, 0.15) is 24.2 Å². The first-order chi connectivity index (χ1) is 6.45. The minimum absolute atomic E-state index is 0.0671. The molecule has 4 heteroatoms. The molecule has 0 unspecified atom stereocenters. The van der Waals surface area contributed by atoms with Crippen molar-refractivity contribution in [3.63, 3.8) is 0 Å². The highest BCUT2D eigenvalue weighted by Gasteiger charge is 2.05. The Hall–Kier alpha value is -1.84. The summed E-state index contributed by atoms with van der Waals surface area (Å²) in [6.07, 6.45) is 0. The fourth-order valence-corrected chi connectivity index (χ4v) is 0.654. The number of benzene rings is 1. The Labute approximate surface area is 81.8 Å². The third kappa shape index (κ3) is 4.92. The van der Waals surface area contributed by atoms with Gasteiger partial charge in [-0.3, -0.25) is 0 Å². The van der Waals surface area contributed by atoms with Crippen molar-refractivity contribution in [2.75, 3.05) is 0 Å². The summed E-state index contributed by atoms with van der Waals surface area (Å²) in [5.41, 5.74) is -0.0671. The summed E-state index contributed by atoms with van der Waals surface area (Å²) in [5, 5.41) is 17.3. The van der Waals surface area contributed by atoms with Gasteiger partial charge in [-0.1, -0.05) is 12.1 Å². The SMILES string of the molecule is CC(C)=O.O=C(O)c1ccccc1O. The standard InChI is InChI=1S/C7H6O3.C3H6O/c8-6-4-2-1-3-5(6)7(9)10;1-3(2)4/h1-4,8H,(H,9,10);1-2H3. The van der Waals surface area contributed by atoms with Crippen LogP contribution >= 0.6 is 0 Å². The summed E-state index contributed by atoms with van der Waals surface area (Å²) in [6.45, 7) is 3.06. The topological polar surface area (TPSA) is 74.6 Å². The second-order valence-corrected chi connectivity index (χ2v) is 2.73. The molecule has 0 fully saturated rings. The molecule has 14 heavy (non-hydrogen) atoms. The number of aromatic carboxylic acids is 1. The molecule has 0 heterocycles. The summed E-state index contributed by atoms with van der Waals surface area (Å²) in [4.78, 5) is 19.7. The quantitative estimate of drug-likeness (QED) is 0.716. The van der Waals surface area contributed by atoms with Crippen LogP contribution in [0, 0.1) is 0 Å². The third-order valence-electron chi connectivity index (χ3n) is 1.13. The Morgan fingerprint density at radius 3 is 1.86 bits per heavy atom. The van der Waals surface area contributed by atoms with Crippen LogP contribution in [0.2, 0.25) is 0 Å². The highest BCUT2D eigenvalue weighted by Crippen LogP contribution is 2.14. The highest BCUT2D eigenvalue weighted by molar-refractivity contribution is 5.90. The fraction of sp³-hybridized carbons (Fsp3) is 0.200.